The van der Waals surface area contributed by atoms with Gasteiger partial charge in [-0.1, -0.05) is 48.2 Å². The van der Waals surface area contributed by atoms with Gasteiger partial charge in [0.1, 0.15) is 22.4 Å². The van der Waals surface area contributed by atoms with Crippen molar-refractivity contribution < 1.29 is 14.3 Å². The smallest absolute Gasteiger partial charge is 0.266 e. The van der Waals surface area contributed by atoms with Crippen molar-refractivity contribution >= 4 is 40.3 Å². The van der Waals surface area contributed by atoms with Crippen molar-refractivity contribution in [3.63, 3.8) is 0 Å². The van der Waals surface area contributed by atoms with Gasteiger partial charge in [-0.3, -0.25) is 9.69 Å². The second-order valence-corrected chi connectivity index (χ2v) is 7.31. The number of ether oxygens (including phenoxy) is 2. The van der Waals surface area contributed by atoms with E-state index >= 15 is 0 Å². The standard InChI is InChI=1S/C20H19NO3S2/c1-3-21-19(22)18(26-20(21)25)12-14-6-4-9-17(10-14)24-13-15-7-5-8-16(11-15)23-2/h4-12H,3,13H2,1-2H3/b18-12-. The van der Waals surface area contributed by atoms with Crippen LogP contribution in [0.1, 0.15) is 18.1 Å². The van der Waals surface area contributed by atoms with Crippen LogP contribution in [-0.4, -0.2) is 28.8 Å². The molecule has 0 radical (unpaired) electrons. The topological polar surface area (TPSA) is 38.8 Å². The van der Waals surface area contributed by atoms with E-state index in [0.717, 1.165) is 22.6 Å². The number of carbonyl (C=O) groups excluding carboxylic acids is 1. The number of carbonyl (C=O) groups is 1. The first-order valence-corrected chi connectivity index (χ1v) is 9.44. The van der Waals surface area contributed by atoms with Gasteiger partial charge in [-0.15, -0.1) is 0 Å². The van der Waals surface area contributed by atoms with Crippen LogP contribution in [0.3, 0.4) is 0 Å². The van der Waals surface area contributed by atoms with Crippen LogP contribution in [0.15, 0.2) is 53.4 Å². The number of rotatable bonds is 6. The van der Waals surface area contributed by atoms with E-state index < -0.39 is 0 Å². The zero-order chi connectivity index (χ0) is 18.5. The van der Waals surface area contributed by atoms with Gasteiger partial charge >= 0.3 is 0 Å². The fourth-order valence-corrected chi connectivity index (χ4v) is 3.93. The molecule has 0 aromatic heterocycles. The lowest BCUT2D eigenvalue weighted by Crippen LogP contribution is -2.27. The molecule has 0 aliphatic carbocycles. The minimum Gasteiger partial charge on any atom is -0.497 e. The third-order valence-corrected chi connectivity index (χ3v) is 5.26. The predicted molar refractivity (Wildman–Crippen MR) is 109 cm³/mol. The van der Waals surface area contributed by atoms with Crippen LogP contribution in [0.4, 0.5) is 0 Å². The zero-order valence-electron chi connectivity index (χ0n) is 14.6. The van der Waals surface area contributed by atoms with Gasteiger partial charge in [0, 0.05) is 6.54 Å². The Bertz CT molecular complexity index is 864. The van der Waals surface area contributed by atoms with E-state index in [9.17, 15) is 4.79 Å². The molecule has 0 atom stereocenters. The van der Waals surface area contributed by atoms with Crippen LogP contribution < -0.4 is 9.47 Å². The molecule has 2 aromatic rings. The van der Waals surface area contributed by atoms with Gasteiger partial charge in [-0.2, -0.15) is 0 Å². The van der Waals surface area contributed by atoms with Crippen molar-refractivity contribution in [1.29, 1.82) is 0 Å². The molecule has 0 unspecified atom stereocenters. The highest BCUT2D eigenvalue weighted by Gasteiger charge is 2.30. The SMILES string of the molecule is CCN1C(=O)/C(=C/c2cccc(OCc3cccc(OC)c3)c2)SC1=S. The van der Waals surface area contributed by atoms with Crippen LogP contribution in [0.2, 0.25) is 0 Å². The Kier molecular flexibility index (Phi) is 5.96. The Morgan fingerprint density at radius 3 is 2.65 bits per heavy atom. The lowest BCUT2D eigenvalue weighted by Gasteiger charge is -2.09. The molecular weight excluding hydrogens is 366 g/mol. The summed E-state index contributed by atoms with van der Waals surface area (Å²) >= 11 is 6.58. The summed E-state index contributed by atoms with van der Waals surface area (Å²) in [4.78, 5) is 14.6. The quantitative estimate of drug-likeness (QED) is 0.541. The minimum absolute atomic E-state index is 0.0368. The average Bonchev–Trinajstić information content (AvgIpc) is 2.93. The second kappa shape index (κ2) is 8.38. The lowest BCUT2D eigenvalue weighted by atomic mass is 10.2. The molecule has 4 nitrogen and oxygen atoms in total. The van der Waals surface area contributed by atoms with Gasteiger partial charge < -0.3 is 9.47 Å². The van der Waals surface area contributed by atoms with Crippen molar-refractivity contribution in [2.45, 2.75) is 13.5 Å². The van der Waals surface area contributed by atoms with E-state index in [2.05, 4.69) is 0 Å². The molecule has 0 saturated carbocycles. The van der Waals surface area contributed by atoms with E-state index in [1.54, 1.807) is 12.0 Å². The number of hydrogen-bond donors (Lipinski definition) is 0. The Morgan fingerprint density at radius 2 is 1.92 bits per heavy atom. The van der Waals surface area contributed by atoms with Crippen molar-refractivity contribution in [3.05, 3.63) is 64.6 Å². The second-order valence-electron chi connectivity index (χ2n) is 5.64. The number of hydrogen-bond acceptors (Lipinski definition) is 5. The van der Waals surface area contributed by atoms with Gasteiger partial charge in [0.2, 0.25) is 0 Å². The Balaban J connectivity index is 1.71. The van der Waals surface area contributed by atoms with E-state index in [1.165, 1.54) is 11.8 Å². The summed E-state index contributed by atoms with van der Waals surface area (Å²) in [6.45, 7) is 2.95. The van der Waals surface area contributed by atoms with Gasteiger partial charge in [0.25, 0.3) is 5.91 Å². The van der Waals surface area contributed by atoms with Crippen molar-refractivity contribution in [1.82, 2.24) is 4.90 Å². The first-order chi connectivity index (χ1) is 12.6. The summed E-state index contributed by atoms with van der Waals surface area (Å²) in [5.41, 5.74) is 1.93. The molecule has 0 N–H and O–H groups in total. The Hall–Kier alpha value is -2.31. The molecule has 1 fully saturated rings. The summed E-state index contributed by atoms with van der Waals surface area (Å²) < 4.78 is 11.7. The predicted octanol–water partition coefficient (Wildman–Crippen LogP) is 4.50. The van der Waals surface area contributed by atoms with Crippen LogP contribution in [0.25, 0.3) is 6.08 Å². The Morgan fingerprint density at radius 1 is 1.15 bits per heavy atom. The van der Waals surface area contributed by atoms with Gasteiger partial charge in [0.05, 0.1) is 12.0 Å². The summed E-state index contributed by atoms with van der Waals surface area (Å²) in [7, 11) is 1.64. The van der Waals surface area contributed by atoms with Crippen molar-refractivity contribution in [3.8, 4) is 11.5 Å². The largest absolute Gasteiger partial charge is 0.497 e. The molecule has 134 valence electrons. The Labute approximate surface area is 162 Å². The molecule has 26 heavy (non-hydrogen) atoms. The molecule has 3 rings (SSSR count). The molecule has 6 heteroatoms. The third-order valence-electron chi connectivity index (χ3n) is 3.89. The highest BCUT2D eigenvalue weighted by atomic mass is 32.2. The number of thioether (sulfide) groups is 1. The number of amides is 1. The van der Waals surface area contributed by atoms with Crippen molar-refractivity contribution in [2.75, 3.05) is 13.7 Å². The fraction of sp³-hybridized carbons (Fsp3) is 0.200. The molecule has 2 aromatic carbocycles. The zero-order valence-corrected chi connectivity index (χ0v) is 16.2. The fourth-order valence-electron chi connectivity index (χ4n) is 2.55. The highest BCUT2D eigenvalue weighted by molar-refractivity contribution is 8.26. The van der Waals surface area contributed by atoms with Crippen LogP contribution in [0, 0.1) is 0 Å². The normalized spacial score (nSPS) is 15.6. The first-order valence-electron chi connectivity index (χ1n) is 8.22. The molecule has 1 saturated heterocycles. The van der Waals surface area contributed by atoms with Gasteiger partial charge in [0.15, 0.2) is 0 Å². The maximum absolute atomic E-state index is 12.3. The number of methoxy groups -OCH3 is 1. The van der Waals surface area contributed by atoms with Crippen LogP contribution >= 0.6 is 24.0 Å². The summed E-state index contributed by atoms with van der Waals surface area (Å²) in [6, 6.07) is 15.4. The molecule has 1 aliphatic heterocycles. The van der Waals surface area contributed by atoms with Crippen LogP contribution in [-0.2, 0) is 11.4 Å². The molecule has 1 heterocycles. The molecule has 0 bridgehead atoms. The van der Waals surface area contributed by atoms with Gasteiger partial charge in [-0.05, 0) is 48.4 Å². The van der Waals surface area contributed by atoms with Crippen LogP contribution in [0.5, 0.6) is 11.5 Å². The van der Waals surface area contributed by atoms with E-state index in [-0.39, 0.29) is 5.91 Å². The summed E-state index contributed by atoms with van der Waals surface area (Å²) in [5.74, 6) is 1.51. The minimum atomic E-state index is -0.0368. The maximum atomic E-state index is 12.3. The van der Waals surface area contributed by atoms with Crippen molar-refractivity contribution in [2.24, 2.45) is 0 Å². The molecular formula is C20H19NO3S2. The molecule has 0 spiro atoms. The third kappa shape index (κ3) is 4.26. The number of benzene rings is 2. The lowest BCUT2D eigenvalue weighted by molar-refractivity contribution is -0.121. The van der Waals surface area contributed by atoms with E-state index in [0.29, 0.717) is 22.4 Å². The van der Waals surface area contributed by atoms with E-state index in [4.69, 9.17) is 21.7 Å². The monoisotopic (exact) mass is 385 g/mol. The average molecular weight is 386 g/mol. The summed E-state index contributed by atoms with van der Waals surface area (Å²) in [5, 5.41) is 0. The first kappa shape index (κ1) is 18.5. The highest BCUT2D eigenvalue weighted by Crippen LogP contribution is 2.32. The number of thiocarbonyl (C=S) groups is 1. The molecule has 1 amide bonds. The number of likely N-dealkylation sites (N-methyl/N-ethyl adjacent to an activating group) is 1. The van der Waals surface area contributed by atoms with Gasteiger partial charge in [-0.25, -0.2) is 0 Å². The summed E-state index contributed by atoms with van der Waals surface area (Å²) in [6.07, 6.45) is 1.85. The number of nitrogens with zero attached hydrogens (tertiary/aromatic N) is 1. The van der Waals surface area contributed by atoms with E-state index in [1.807, 2.05) is 61.5 Å². The maximum Gasteiger partial charge on any atom is 0.266 e. The molecule has 1 aliphatic rings.